The zero-order valence-electron chi connectivity index (χ0n) is 9.44. The number of hydrogen-bond donors (Lipinski definition) is 1. The number of para-hydroxylation sites is 1. The van der Waals surface area contributed by atoms with Crippen molar-refractivity contribution in [3.63, 3.8) is 0 Å². The fourth-order valence-electron chi connectivity index (χ4n) is 1.75. The second-order valence-electron chi connectivity index (χ2n) is 3.65. The van der Waals surface area contributed by atoms with Gasteiger partial charge in [0.25, 0.3) is 0 Å². The molecule has 17 heavy (non-hydrogen) atoms. The third kappa shape index (κ3) is 2.11. The minimum Gasteiger partial charge on any atom is -0.354 e. The highest BCUT2D eigenvalue weighted by Crippen LogP contribution is 2.15. The number of nitrogens with one attached hydrogen (secondary N) is 1. The Morgan fingerprint density at radius 2 is 2.00 bits per heavy atom. The van der Waals surface area contributed by atoms with Gasteiger partial charge in [-0.3, -0.25) is 4.79 Å². The van der Waals surface area contributed by atoms with Gasteiger partial charge in [-0.1, -0.05) is 43.5 Å². The maximum atomic E-state index is 11.9. The molecule has 1 heterocycles. The predicted octanol–water partition coefficient (Wildman–Crippen LogP) is 3.28. The zero-order valence-corrected chi connectivity index (χ0v) is 9.44. The van der Waals surface area contributed by atoms with E-state index in [1.54, 1.807) is 18.2 Å². The van der Waals surface area contributed by atoms with Crippen molar-refractivity contribution < 1.29 is 0 Å². The Bertz CT molecular complexity index is 662. The van der Waals surface area contributed by atoms with Crippen LogP contribution in [0, 0.1) is 0 Å². The number of H-pyrrole nitrogens is 1. The summed E-state index contributed by atoms with van der Waals surface area (Å²) in [4.78, 5) is 15.1. The first-order valence-electron chi connectivity index (χ1n) is 5.34. The summed E-state index contributed by atoms with van der Waals surface area (Å²) in [5.41, 5.74) is 2.43. The van der Waals surface area contributed by atoms with Gasteiger partial charge in [0.1, 0.15) is 0 Å². The molecule has 1 N–H and O–H groups in total. The van der Waals surface area contributed by atoms with E-state index < -0.39 is 0 Å². The molecule has 0 unspecified atom stereocenters. The number of pyridine rings is 1. The Balaban J connectivity index is 2.73. The van der Waals surface area contributed by atoms with Crippen molar-refractivity contribution in [2.45, 2.75) is 0 Å². The predicted molar refractivity (Wildman–Crippen MR) is 72.9 cm³/mol. The van der Waals surface area contributed by atoms with Crippen LogP contribution in [0.1, 0.15) is 5.69 Å². The van der Waals surface area contributed by atoms with Gasteiger partial charge >= 0.3 is 0 Å². The van der Waals surface area contributed by atoms with Crippen molar-refractivity contribution in [1.29, 1.82) is 0 Å². The molecule has 2 heteroatoms. The molecule has 2 aromatic rings. The molecule has 0 spiro atoms. The van der Waals surface area contributed by atoms with E-state index in [-0.39, 0.29) is 5.43 Å². The molecule has 0 aliphatic carbocycles. The molecule has 0 amide bonds. The van der Waals surface area contributed by atoms with Crippen LogP contribution in [0.25, 0.3) is 16.5 Å². The number of aromatic nitrogens is 1. The normalized spacial score (nSPS) is 11.4. The smallest absolute Gasteiger partial charge is 0.190 e. The van der Waals surface area contributed by atoms with Gasteiger partial charge in [0.15, 0.2) is 5.43 Å². The molecule has 2 rings (SSSR count). The Hall–Kier alpha value is -2.35. The Kier molecular flexibility index (Phi) is 3.06. The van der Waals surface area contributed by atoms with Gasteiger partial charge in [-0.05, 0) is 17.7 Å². The van der Waals surface area contributed by atoms with Gasteiger partial charge in [0, 0.05) is 22.7 Å². The van der Waals surface area contributed by atoms with Crippen LogP contribution in [0.4, 0.5) is 0 Å². The molecule has 1 aromatic carbocycles. The highest BCUT2D eigenvalue weighted by atomic mass is 16.1. The summed E-state index contributed by atoms with van der Waals surface area (Å²) in [6.45, 7) is 7.37. The first kappa shape index (κ1) is 11.1. The lowest BCUT2D eigenvalue weighted by molar-refractivity contribution is 1.33. The molecule has 0 aliphatic heterocycles. The van der Waals surface area contributed by atoms with Crippen molar-refractivity contribution in [1.82, 2.24) is 4.98 Å². The van der Waals surface area contributed by atoms with E-state index >= 15 is 0 Å². The minimum absolute atomic E-state index is 0.00571. The Morgan fingerprint density at radius 1 is 1.24 bits per heavy atom. The summed E-state index contributed by atoms with van der Waals surface area (Å²) in [6.07, 6.45) is 5.18. The number of rotatable bonds is 3. The highest BCUT2D eigenvalue weighted by molar-refractivity contribution is 5.82. The lowest BCUT2D eigenvalue weighted by Gasteiger charge is -2.04. The van der Waals surface area contributed by atoms with Crippen LogP contribution in [-0.4, -0.2) is 4.98 Å². The van der Waals surface area contributed by atoms with Crippen LogP contribution in [0.3, 0.4) is 0 Å². The van der Waals surface area contributed by atoms with Crippen LogP contribution in [0.2, 0.25) is 0 Å². The number of aromatic amines is 1. The van der Waals surface area contributed by atoms with E-state index in [1.807, 2.05) is 30.3 Å². The van der Waals surface area contributed by atoms with Crippen molar-refractivity contribution in [3.8, 4) is 0 Å². The van der Waals surface area contributed by atoms with Crippen LogP contribution < -0.4 is 5.43 Å². The lowest BCUT2D eigenvalue weighted by atomic mass is 10.1. The molecule has 0 saturated heterocycles. The summed E-state index contributed by atoms with van der Waals surface area (Å²) in [6, 6.07) is 9.02. The summed E-state index contributed by atoms with van der Waals surface area (Å²) in [5.74, 6) is 0. The van der Waals surface area contributed by atoms with Crippen LogP contribution in [-0.2, 0) is 0 Å². The van der Waals surface area contributed by atoms with Crippen LogP contribution >= 0.6 is 0 Å². The third-order valence-corrected chi connectivity index (χ3v) is 2.57. The summed E-state index contributed by atoms with van der Waals surface area (Å²) < 4.78 is 0. The molecule has 0 atom stereocenters. The minimum atomic E-state index is 0.00571. The van der Waals surface area contributed by atoms with Gasteiger partial charge in [-0.25, -0.2) is 0 Å². The van der Waals surface area contributed by atoms with E-state index in [0.717, 1.165) is 16.8 Å². The van der Waals surface area contributed by atoms with Gasteiger partial charge < -0.3 is 4.98 Å². The lowest BCUT2D eigenvalue weighted by Crippen LogP contribution is -2.04. The highest BCUT2D eigenvalue weighted by Gasteiger charge is 2.03. The third-order valence-electron chi connectivity index (χ3n) is 2.57. The molecule has 84 valence electrons. The average Bonchev–Trinajstić information content (AvgIpc) is 2.36. The van der Waals surface area contributed by atoms with E-state index in [2.05, 4.69) is 18.1 Å². The molecule has 2 nitrogen and oxygen atoms in total. The molecular weight excluding hydrogens is 210 g/mol. The van der Waals surface area contributed by atoms with Crippen molar-refractivity contribution in [3.05, 3.63) is 77.6 Å². The summed E-state index contributed by atoms with van der Waals surface area (Å²) in [7, 11) is 0. The van der Waals surface area contributed by atoms with Crippen LogP contribution in [0.5, 0.6) is 0 Å². The SMILES string of the molecule is C=C/C=C(\C=C)c1cc(=O)c2ccccc2[nH]1. The number of benzene rings is 1. The number of allylic oxidation sites excluding steroid dienone is 4. The Labute approximate surface area is 99.6 Å². The van der Waals surface area contributed by atoms with E-state index in [0.29, 0.717) is 5.39 Å². The maximum Gasteiger partial charge on any atom is 0.190 e. The topological polar surface area (TPSA) is 32.9 Å². The van der Waals surface area contributed by atoms with E-state index in [9.17, 15) is 4.79 Å². The van der Waals surface area contributed by atoms with Crippen molar-refractivity contribution in [2.75, 3.05) is 0 Å². The first-order valence-corrected chi connectivity index (χ1v) is 5.34. The molecule has 1 aromatic heterocycles. The fourth-order valence-corrected chi connectivity index (χ4v) is 1.75. The largest absolute Gasteiger partial charge is 0.354 e. The number of fused-ring (bicyclic) bond motifs is 1. The molecule has 0 saturated carbocycles. The standard InChI is InChI=1S/C15H13NO/c1-3-7-11(4-2)14-10-15(17)12-8-5-6-9-13(12)16-14/h3-10H,1-2H2,(H,16,17)/b11-7+. The van der Waals surface area contributed by atoms with Gasteiger partial charge in [0.2, 0.25) is 0 Å². The Morgan fingerprint density at radius 3 is 2.71 bits per heavy atom. The molecule has 0 fully saturated rings. The second-order valence-corrected chi connectivity index (χ2v) is 3.65. The van der Waals surface area contributed by atoms with Gasteiger partial charge in [-0.15, -0.1) is 0 Å². The maximum absolute atomic E-state index is 11.9. The average molecular weight is 223 g/mol. The van der Waals surface area contributed by atoms with Gasteiger partial charge in [-0.2, -0.15) is 0 Å². The number of hydrogen-bond acceptors (Lipinski definition) is 1. The van der Waals surface area contributed by atoms with E-state index in [4.69, 9.17) is 0 Å². The van der Waals surface area contributed by atoms with Crippen LogP contribution in [0.15, 0.2) is 66.5 Å². The fraction of sp³-hybridized carbons (Fsp3) is 0. The molecule has 0 radical (unpaired) electrons. The first-order chi connectivity index (χ1) is 8.26. The quantitative estimate of drug-likeness (QED) is 0.796. The molecule has 0 bridgehead atoms. The monoisotopic (exact) mass is 223 g/mol. The molecular formula is C15H13NO. The summed E-state index contributed by atoms with van der Waals surface area (Å²) >= 11 is 0. The van der Waals surface area contributed by atoms with Gasteiger partial charge in [0.05, 0.1) is 0 Å². The van der Waals surface area contributed by atoms with E-state index in [1.165, 1.54) is 0 Å². The second kappa shape index (κ2) is 4.66. The zero-order chi connectivity index (χ0) is 12.3. The summed E-state index contributed by atoms with van der Waals surface area (Å²) in [5, 5.41) is 0.693. The molecule has 0 aliphatic rings. The van der Waals surface area contributed by atoms with Crippen molar-refractivity contribution in [2.24, 2.45) is 0 Å². The van der Waals surface area contributed by atoms with Crippen molar-refractivity contribution >= 4 is 16.5 Å².